The Morgan fingerprint density at radius 3 is 2.35 bits per heavy atom. The van der Waals surface area contributed by atoms with Gasteiger partial charge in [0.15, 0.2) is 0 Å². The lowest BCUT2D eigenvalue weighted by atomic mass is 9.99. The van der Waals surface area contributed by atoms with Gasteiger partial charge in [-0.15, -0.1) is 0 Å². The number of halogens is 2. The van der Waals surface area contributed by atoms with E-state index in [-0.39, 0.29) is 11.1 Å². The van der Waals surface area contributed by atoms with Crippen LogP contribution in [-0.4, -0.2) is 14.1 Å². The fourth-order valence-corrected chi connectivity index (χ4v) is 2.18. The lowest BCUT2D eigenvalue weighted by molar-refractivity contribution is 0.622. The third-order valence-corrected chi connectivity index (χ3v) is 3.58. The summed E-state index contributed by atoms with van der Waals surface area (Å²) in [5.74, 6) is -0.403. The number of benzene rings is 2. The average molecular weight is 293 g/mol. The predicted octanol–water partition coefficient (Wildman–Crippen LogP) is 3.79. The van der Waals surface area contributed by atoms with Crippen LogP contribution in [0.1, 0.15) is 17.2 Å². The van der Waals surface area contributed by atoms with Gasteiger partial charge in [-0.05, 0) is 41.8 Å². The Balaban J connectivity index is 2.10. The molecule has 0 heterocycles. The van der Waals surface area contributed by atoms with Crippen molar-refractivity contribution in [2.75, 3.05) is 19.0 Å². The van der Waals surface area contributed by atoms with Crippen LogP contribution >= 0.6 is 11.6 Å². The summed E-state index contributed by atoms with van der Waals surface area (Å²) in [6.45, 7) is 0. The van der Waals surface area contributed by atoms with Crippen molar-refractivity contribution in [1.82, 2.24) is 0 Å². The minimum absolute atomic E-state index is 0.137. The van der Waals surface area contributed by atoms with E-state index in [0.717, 1.165) is 16.8 Å². The van der Waals surface area contributed by atoms with Crippen molar-refractivity contribution in [3.8, 4) is 0 Å². The lowest BCUT2D eigenvalue weighted by Crippen LogP contribution is -2.14. The van der Waals surface area contributed by atoms with Gasteiger partial charge in [0.05, 0.1) is 5.02 Å². The Labute approximate surface area is 124 Å². The van der Waals surface area contributed by atoms with Crippen LogP contribution in [0.5, 0.6) is 0 Å². The summed E-state index contributed by atoms with van der Waals surface area (Å²) in [7, 11) is 3.98. The summed E-state index contributed by atoms with van der Waals surface area (Å²) in [6, 6.07) is 12.7. The van der Waals surface area contributed by atoms with E-state index in [1.165, 1.54) is 6.07 Å². The maximum atomic E-state index is 13.4. The third-order valence-electron chi connectivity index (χ3n) is 3.28. The minimum atomic E-state index is -0.403. The first-order valence-electron chi connectivity index (χ1n) is 6.44. The molecule has 1 unspecified atom stereocenters. The molecule has 2 aromatic rings. The number of nitrogens with zero attached hydrogens (tertiary/aromatic N) is 1. The van der Waals surface area contributed by atoms with Crippen molar-refractivity contribution in [3.05, 3.63) is 64.4 Å². The molecular formula is C16H18ClFN2. The normalized spacial score (nSPS) is 12.2. The first-order chi connectivity index (χ1) is 9.47. The maximum Gasteiger partial charge on any atom is 0.142 e. The smallest absolute Gasteiger partial charge is 0.142 e. The van der Waals surface area contributed by atoms with E-state index >= 15 is 0 Å². The Bertz CT molecular complexity index is 582. The van der Waals surface area contributed by atoms with E-state index < -0.39 is 5.82 Å². The zero-order valence-corrected chi connectivity index (χ0v) is 12.4. The fraction of sp³-hybridized carbons (Fsp3) is 0.250. The SMILES string of the molecule is CN(C)c1ccc(C(N)Cc2ccc(Cl)c(F)c2)cc1. The number of hydrogen-bond acceptors (Lipinski definition) is 2. The molecule has 0 bridgehead atoms. The molecule has 0 aromatic heterocycles. The lowest BCUT2D eigenvalue weighted by Gasteiger charge is -2.16. The van der Waals surface area contributed by atoms with E-state index in [4.69, 9.17) is 17.3 Å². The highest BCUT2D eigenvalue weighted by atomic mass is 35.5. The summed E-state index contributed by atoms with van der Waals surface area (Å²) < 4.78 is 13.4. The topological polar surface area (TPSA) is 29.3 Å². The molecule has 0 amide bonds. The fourth-order valence-electron chi connectivity index (χ4n) is 2.06. The Kier molecular flexibility index (Phi) is 4.63. The molecule has 0 radical (unpaired) electrons. The van der Waals surface area contributed by atoms with Gasteiger partial charge >= 0.3 is 0 Å². The molecule has 2 nitrogen and oxygen atoms in total. The van der Waals surface area contributed by atoms with Gasteiger partial charge in [-0.3, -0.25) is 0 Å². The van der Waals surface area contributed by atoms with Crippen molar-refractivity contribution >= 4 is 17.3 Å². The highest BCUT2D eigenvalue weighted by Crippen LogP contribution is 2.22. The highest BCUT2D eigenvalue weighted by Gasteiger charge is 2.09. The Morgan fingerprint density at radius 1 is 1.15 bits per heavy atom. The van der Waals surface area contributed by atoms with Crippen molar-refractivity contribution in [3.63, 3.8) is 0 Å². The quantitative estimate of drug-likeness (QED) is 0.929. The van der Waals surface area contributed by atoms with E-state index in [1.807, 2.05) is 43.3 Å². The predicted molar refractivity (Wildman–Crippen MR) is 82.8 cm³/mol. The highest BCUT2D eigenvalue weighted by molar-refractivity contribution is 6.30. The van der Waals surface area contributed by atoms with Crippen LogP contribution in [-0.2, 0) is 6.42 Å². The molecule has 0 saturated carbocycles. The largest absolute Gasteiger partial charge is 0.378 e. The molecular weight excluding hydrogens is 275 g/mol. The van der Waals surface area contributed by atoms with Crippen molar-refractivity contribution in [2.24, 2.45) is 5.73 Å². The second-order valence-electron chi connectivity index (χ2n) is 5.05. The van der Waals surface area contributed by atoms with Crippen molar-refractivity contribution < 1.29 is 4.39 Å². The monoisotopic (exact) mass is 292 g/mol. The second kappa shape index (κ2) is 6.25. The summed E-state index contributed by atoms with van der Waals surface area (Å²) in [5.41, 5.74) is 9.17. The van der Waals surface area contributed by atoms with Gasteiger partial charge in [0.1, 0.15) is 5.82 Å². The summed E-state index contributed by atoms with van der Waals surface area (Å²) >= 11 is 5.67. The minimum Gasteiger partial charge on any atom is -0.378 e. The van der Waals surface area contributed by atoms with Gasteiger partial charge in [-0.1, -0.05) is 29.8 Å². The first kappa shape index (κ1) is 14.8. The number of rotatable bonds is 4. The standard InChI is InChI=1S/C16H18ClFN2/c1-20(2)13-6-4-12(5-7-13)16(19)10-11-3-8-14(17)15(18)9-11/h3-9,16H,10,19H2,1-2H3. The molecule has 0 aliphatic carbocycles. The average Bonchev–Trinajstić information content (AvgIpc) is 2.43. The van der Waals surface area contributed by atoms with Gasteiger partial charge in [-0.25, -0.2) is 4.39 Å². The molecule has 20 heavy (non-hydrogen) atoms. The summed E-state index contributed by atoms with van der Waals surface area (Å²) in [6.07, 6.45) is 0.579. The second-order valence-corrected chi connectivity index (χ2v) is 5.45. The summed E-state index contributed by atoms with van der Waals surface area (Å²) in [5, 5.41) is 0.137. The van der Waals surface area contributed by atoms with E-state index in [9.17, 15) is 4.39 Å². The first-order valence-corrected chi connectivity index (χ1v) is 6.82. The van der Waals surface area contributed by atoms with Crippen molar-refractivity contribution in [2.45, 2.75) is 12.5 Å². The number of nitrogens with two attached hydrogens (primary N) is 1. The molecule has 4 heteroatoms. The van der Waals surface area contributed by atoms with Crippen LogP contribution in [0, 0.1) is 5.82 Å². The number of hydrogen-bond donors (Lipinski definition) is 1. The molecule has 106 valence electrons. The van der Waals surface area contributed by atoms with Crippen LogP contribution < -0.4 is 10.6 Å². The Hall–Kier alpha value is -1.58. The van der Waals surface area contributed by atoms with Crippen LogP contribution in [0.4, 0.5) is 10.1 Å². The zero-order chi connectivity index (χ0) is 14.7. The molecule has 0 spiro atoms. The molecule has 2 rings (SSSR count). The van der Waals surface area contributed by atoms with Crippen LogP contribution in [0.15, 0.2) is 42.5 Å². The molecule has 0 aliphatic heterocycles. The van der Waals surface area contributed by atoms with E-state index in [1.54, 1.807) is 12.1 Å². The van der Waals surface area contributed by atoms with Crippen LogP contribution in [0.2, 0.25) is 5.02 Å². The molecule has 0 aliphatic rings. The van der Waals surface area contributed by atoms with Crippen LogP contribution in [0.3, 0.4) is 0 Å². The molecule has 0 fully saturated rings. The van der Waals surface area contributed by atoms with Gasteiger partial charge in [0, 0.05) is 25.8 Å². The number of anilines is 1. The van der Waals surface area contributed by atoms with Crippen molar-refractivity contribution in [1.29, 1.82) is 0 Å². The van der Waals surface area contributed by atoms with Gasteiger partial charge in [-0.2, -0.15) is 0 Å². The van der Waals surface area contributed by atoms with E-state index in [2.05, 4.69) is 0 Å². The Morgan fingerprint density at radius 2 is 1.80 bits per heavy atom. The molecule has 2 N–H and O–H groups in total. The van der Waals surface area contributed by atoms with Gasteiger partial charge in [0.25, 0.3) is 0 Å². The maximum absolute atomic E-state index is 13.4. The third kappa shape index (κ3) is 3.50. The molecule has 0 saturated heterocycles. The van der Waals surface area contributed by atoms with Gasteiger partial charge < -0.3 is 10.6 Å². The molecule has 1 atom stereocenters. The molecule has 2 aromatic carbocycles. The zero-order valence-electron chi connectivity index (χ0n) is 11.6. The van der Waals surface area contributed by atoms with E-state index in [0.29, 0.717) is 6.42 Å². The van der Waals surface area contributed by atoms with Gasteiger partial charge in [0.2, 0.25) is 0 Å². The van der Waals surface area contributed by atoms with Crippen LogP contribution in [0.25, 0.3) is 0 Å². The summed E-state index contributed by atoms with van der Waals surface area (Å²) in [4.78, 5) is 2.03.